The molecular weight excluding hydrogens is 928 g/mol. The first-order chi connectivity index (χ1) is 35.2. The number of carbonyl (C=O) groups is 4. The first kappa shape index (κ1) is 49.8. The third-order valence-electron chi connectivity index (χ3n) is 16.6. The van der Waals surface area contributed by atoms with Crippen molar-refractivity contribution in [3.8, 4) is 5.75 Å². The van der Waals surface area contributed by atoms with Crippen LogP contribution in [-0.2, 0) is 57.8 Å². The number of aliphatic carboxylic acids is 1. The summed E-state index contributed by atoms with van der Waals surface area (Å²) < 4.78 is 35.8. The Morgan fingerprint density at radius 1 is 0.685 bits per heavy atom. The topological polar surface area (TPSA) is 158 Å². The number of carboxylic acid groups (broad SMARTS) is 1. The van der Waals surface area contributed by atoms with E-state index in [9.17, 15) is 28.7 Å². The van der Waals surface area contributed by atoms with Crippen LogP contribution in [0.1, 0.15) is 145 Å². The third kappa shape index (κ3) is 9.79. The van der Waals surface area contributed by atoms with Gasteiger partial charge in [0.1, 0.15) is 23.2 Å². The maximum absolute atomic E-state index is 14.8. The molecule has 0 unspecified atom stereocenters. The molecule has 2 aliphatic carbocycles. The number of fused-ring (bicyclic) bond motifs is 6. The fourth-order valence-electron chi connectivity index (χ4n) is 12.5. The molecule has 4 aliphatic rings. The average molecular weight is 995 g/mol. The number of hydrogen-bond acceptors (Lipinski definition) is 9. The van der Waals surface area contributed by atoms with Gasteiger partial charge >= 0.3 is 24.1 Å². The van der Waals surface area contributed by atoms with E-state index in [4.69, 9.17) is 24.2 Å². The lowest BCUT2D eigenvalue weighted by Gasteiger charge is -2.29. The van der Waals surface area contributed by atoms with E-state index < -0.39 is 11.9 Å². The maximum Gasteiger partial charge on any atom is 0.409 e. The van der Waals surface area contributed by atoms with Gasteiger partial charge in [0.25, 0.3) is 0 Å². The summed E-state index contributed by atoms with van der Waals surface area (Å²) in [6, 6.07) is 19.7. The van der Waals surface area contributed by atoms with Gasteiger partial charge in [-0.05, 0) is 162 Å². The summed E-state index contributed by atoms with van der Waals surface area (Å²) in [5.74, 6) is 0.389. The summed E-state index contributed by atoms with van der Waals surface area (Å²) in [6.07, 6.45) is 7.44. The number of ether oxygens (including phenoxy) is 3. The van der Waals surface area contributed by atoms with Crippen molar-refractivity contribution in [2.75, 3.05) is 27.3 Å². The van der Waals surface area contributed by atoms with Gasteiger partial charge in [0.2, 0.25) is 0 Å². The van der Waals surface area contributed by atoms with Crippen LogP contribution in [0.3, 0.4) is 0 Å². The smallest absolute Gasteiger partial charge is 0.409 e. The molecule has 2 aromatic heterocycles. The molecule has 0 radical (unpaired) electrons. The molecule has 0 spiro atoms. The molecule has 2 amide bonds. The van der Waals surface area contributed by atoms with Crippen molar-refractivity contribution in [3.63, 3.8) is 0 Å². The number of benzene rings is 4. The fraction of sp³-hybridized carbons (Fsp3) is 0.483. The van der Waals surface area contributed by atoms with Crippen molar-refractivity contribution in [1.82, 2.24) is 28.9 Å². The lowest BCUT2D eigenvalue weighted by molar-refractivity contribution is -0.143. The van der Waals surface area contributed by atoms with Crippen molar-refractivity contribution in [3.05, 3.63) is 123 Å². The highest BCUT2D eigenvalue weighted by atomic mass is 19.1. The monoisotopic (exact) mass is 995 g/mol. The van der Waals surface area contributed by atoms with Gasteiger partial charge in [-0.2, -0.15) is 0 Å². The van der Waals surface area contributed by atoms with Gasteiger partial charge in [0.05, 0.1) is 61.2 Å². The number of hydrogen-bond donors (Lipinski definition) is 1. The Morgan fingerprint density at radius 2 is 1.26 bits per heavy atom. The van der Waals surface area contributed by atoms with E-state index in [1.165, 1.54) is 19.8 Å². The number of halogens is 1. The number of rotatable bonds is 11. The van der Waals surface area contributed by atoms with Crippen molar-refractivity contribution in [1.29, 1.82) is 0 Å². The molecule has 14 nitrogen and oxygen atoms in total. The van der Waals surface area contributed by atoms with Crippen molar-refractivity contribution < 1.29 is 42.9 Å². The molecular formula is C58H67FN6O8. The second-order valence-corrected chi connectivity index (χ2v) is 21.3. The Kier molecular flexibility index (Phi) is 14.1. The second-order valence-electron chi connectivity index (χ2n) is 21.3. The van der Waals surface area contributed by atoms with Crippen LogP contribution in [0.25, 0.3) is 22.1 Å². The summed E-state index contributed by atoms with van der Waals surface area (Å²) in [4.78, 5) is 65.9. The van der Waals surface area contributed by atoms with E-state index >= 15 is 0 Å². The van der Waals surface area contributed by atoms with Gasteiger partial charge in [-0.3, -0.25) is 9.59 Å². The number of carbonyl (C=O) groups excluding carboxylic acids is 3. The summed E-state index contributed by atoms with van der Waals surface area (Å²) >= 11 is 0. The van der Waals surface area contributed by atoms with Crippen LogP contribution in [0.5, 0.6) is 5.75 Å². The molecule has 10 rings (SSSR count). The van der Waals surface area contributed by atoms with Crippen LogP contribution in [-0.4, -0.2) is 85.4 Å². The number of amides is 2. The predicted molar refractivity (Wildman–Crippen MR) is 274 cm³/mol. The molecule has 6 aromatic rings. The van der Waals surface area contributed by atoms with Crippen LogP contribution in [0.2, 0.25) is 0 Å². The van der Waals surface area contributed by atoms with E-state index in [2.05, 4.69) is 54.2 Å². The minimum atomic E-state index is -0.768. The number of esters is 1. The minimum absolute atomic E-state index is 0.0411. The van der Waals surface area contributed by atoms with Gasteiger partial charge in [-0.15, -0.1) is 0 Å². The molecule has 4 aromatic carbocycles. The zero-order valence-corrected chi connectivity index (χ0v) is 42.9. The Hall–Kier alpha value is -6.77. The minimum Gasteiger partial charge on any atom is -0.481 e. The van der Waals surface area contributed by atoms with Crippen LogP contribution in [0, 0.1) is 31.5 Å². The first-order valence-electron chi connectivity index (χ1n) is 26.2. The van der Waals surface area contributed by atoms with Gasteiger partial charge in [-0.25, -0.2) is 23.9 Å². The van der Waals surface area contributed by atoms with Crippen LogP contribution in [0.15, 0.2) is 60.7 Å². The SMILES string of the molecule is COC(=O)N1CCc2ccc3c(nc([C@@H]4CCC[C@@H](C(=O)O)C4)n3[C@H](C)Cc3cc(OC(=O)[C@H]4CC[C@H](c5nc6c7c(ccc6n5[C@H](C)Cc5ccc(C)c(F)c5)CCN(C(=O)OC)C7)CC4)ccc3C)c2C1. The van der Waals surface area contributed by atoms with Gasteiger partial charge in [0.15, 0.2) is 0 Å². The summed E-state index contributed by atoms with van der Waals surface area (Å²) in [5, 5.41) is 10.1. The molecule has 73 heavy (non-hydrogen) atoms. The number of imidazole rings is 2. The predicted octanol–water partition coefficient (Wildman–Crippen LogP) is 11.2. The number of aryl methyl sites for hydroxylation is 2. The molecule has 2 saturated carbocycles. The standard InChI is InChI=1S/C58H67FN6O8/c1-33-11-19-45(30-44(33)27-36(4)65-50-21-18-39-23-25-63(58(70)72-6)32-47(39)52(50)61-54(65)42-8-7-9-43(29-42)55(66)67)73-56(68)41-15-13-40(14-16-41)53-60-51-46-31-62(57(69)71-5)24-22-38(46)17-20-49(51)64(53)35(3)26-37-12-10-34(2)48(59)28-37/h10-12,17-21,28,30,35-36,40-43H,7-9,13-16,22-27,29,31-32H2,1-6H3,(H,66,67)/t35-,36-,40-,41-,42-,43-/m1/s1. The molecule has 2 aliphatic heterocycles. The van der Waals surface area contributed by atoms with Crippen molar-refractivity contribution in [2.24, 2.45) is 11.8 Å². The highest BCUT2D eigenvalue weighted by Crippen LogP contribution is 2.43. The number of methoxy groups -OCH3 is 2. The van der Waals surface area contributed by atoms with E-state index in [0.717, 1.165) is 92.8 Å². The largest absolute Gasteiger partial charge is 0.481 e. The van der Waals surface area contributed by atoms with Crippen molar-refractivity contribution >= 4 is 46.2 Å². The first-order valence-corrected chi connectivity index (χ1v) is 26.2. The van der Waals surface area contributed by atoms with Crippen LogP contribution in [0.4, 0.5) is 14.0 Å². The second kappa shape index (κ2) is 20.6. The van der Waals surface area contributed by atoms with Crippen LogP contribution >= 0.6 is 0 Å². The lowest BCUT2D eigenvalue weighted by atomic mass is 9.81. The average Bonchev–Trinajstić information content (AvgIpc) is 4.00. The number of carboxylic acids is 1. The Labute approximate surface area is 425 Å². The summed E-state index contributed by atoms with van der Waals surface area (Å²) in [7, 11) is 2.80. The molecule has 384 valence electrons. The maximum atomic E-state index is 14.8. The van der Waals surface area contributed by atoms with Gasteiger partial charge < -0.3 is 38.3 Å². The molecule has 0 bridgehead atoms. The van der Waals surface area contributed by atoms with E-state index in [-0.39, 0.29) is 53.8 Å². The van der Waals surface area contributed by atoms with E-state index in [1.54, 1.807) is 22.8 Å². The van der Waals surface area contributed by atoms with E-state index in [0.29, 0.717) is 88.9 Å². The lowest BCUT2D eigenvalue weighted by Crippen LogP contribution is -2.35. The van der Waals surface area contributed by atoms with Gasteiger partial charge in [-0.1, -0.05) is 36.8 Å². The molecule has 4 atom stereocenters. The summed E-state index contributed by atoms with van der Waals surface area (Å²) in [6.45, 7) is 10.1. The van der Waals surface area contributed by atoms with E-state index in [1.807, 2.05) is 30.3 Å². The zero-order valence-electron chi connectivity index (χ0n) is 42.9. The molecule has 2 fully saturated rings. The highest BCUT2D eigenvalue weighted by molar-refractivity contribution is 5.84. The zero-order chi connectivity index (χ0) is 51.2. The Balaban J connectivity index is 0.878. The highest BCUT2D eigenvalue weighted by Gasteiger charge is 2.36. The Bertz CT molecular complexity index is 3120. The summed E-state index contributed by atoms with van der Waals surface area (Å²) in [5.41, 5.74) is 11.6. The quantitative estimate of drug-likeness (QED) is 0.0978. The fourth-order valence-corrected chi connectivity index (χ4v) is 12.5. The van der Waals surface area contributed by atoms with Gasteiger partial charge in [0, 0.05) is 48.1 Å². The molecule has 15 heteroatoms. The molecule has 1 N–H and O–H groups in total. The van der Waals surface area contributed by atoms with Crippen molar-refractivity contribution in [2.45, 2.75) is 142 Å². The number of nitrogens with zero attached hydrogens (tertiary/aromatic N) is 6. The third-order valence-corrected chi connectivity index (χ3v) is 16.6. The molecule has 4 heterocycles. The number of aromatic nitrogens is 4. The Morgan fingerprint density at radius 3 is 1.84 bits per heavy atom. The molecule has 0 saturated heterocycles. The van der Waals surface area contributed by atoms with Crippen LogP contribution < -0.4 is 4.74 Å². The normalized spacial score (nSPS) is 20.8.